The molecule has 0 aliphatic rings. The summed E-state index contributed by atoms with van der Waals surface area (Å²) in [7, 11) is 0. The molecule has 0 fully saturated rings. The summed E-state index contributed by atoms with van der Waals surface area (Å²) in [6, 6.07) is 0. The van der Waals surface area contributed by atoms with Gasteiger partial charge >= 0.3 is 0 Å². The summed E-state index contributed by atoms with van der Waals surface area (Å²) in [5.41, 5.74) is 0.975. The second-order valence-corrected chi connectivity index (χ2v) is 2.88. The van der Waals surface area contributed by atoms with Gasteiger partial charge in [0.2, 0.25) is 0 Å². The average molecular weight is 196 g/mol. The van der Waals surface area contributed by atoms with Gasteiger partial charge in [-0.3, -0.25) is 0 Å². The normalized spacial score (nSPS) is 9.93. The van der Waals surface area contributed by atoms with Crippen molar-refractivity contribution >= 4 is 11.6 Å². The number of aliphatic hydroxyl groups excluding tert-OH is 1. The standard InChI is InChI=1S/C9H16N4O/c1-3-10-8-7(2)9(11-4-5-14)13-6-12-8/h6,14H,3-5H2,1-2H3,(H2,10,11,12,13). The second-order valence-electron chi connectivity index (χ2n) is 2.88. The molecule has 0 amide bonds. The van der Waals surface area contributed by atoms with Crippen molar-refractivity contribution in [2.24, 2.45) is 0 Å². The summed E-state index contributed by atoms with van der Waals surface area (Å²) < 4.78 is 0. The van der Waals surface area contributed by atoms with Crippen molar-refractivity contribution < 1.29 is 5.11 Å². The smallest absolute Gasteiger partial charge is 0.134 e. The van der Waals surface area contributed by atoms with E-state index in [1.807, 2.05) is 13.8 Å². The van der Waals surface area contributed by atoms with Crippen LogP contribution < -0.4 is 10.6 Å². The fraction of sp³-hybridized carbons (Fsp3) is 0.556. The van der Waals surface area contributed by atoms with Crippen LogP contribution in [-0.2, 0) is 0 Å². The highest BCUT2D eigenvalue weighted by Crippen LogP contribution is 2.17. The van der Waals surface area contributed by atoms with Crippen LogP contribution in [-0.4, -0.2) is 34.8 Å². The van der Waals surface area contributed by atoms with Gasteiger partial charge in [0.25, 0.3) is 0 Å². The molecule has 5 heteroatoms. The zero-order valence-corrected chi connectivity index (χ0v) is 8.54. The predicted octanol–water partition coefficient (Wildman–Crippen LogP) is 0.621. The molecule has 1 aromatic rings. The maximum atomic E-state index is 8.67. The predicted molar refractivity (Wildman–Crippen MR) is 56.5 cm³/mol. The molecule has 0 bridgehead atoms. The van der Waals surface area contributed by atoms with Crippen molar-refractivity contribution in [2.75, 3.05) is 30.3 Å². The Morgan fingerprint density at radius 1 is 1.29 bits per heavy atom. The number of hydrogen-bond donors (Lipinski definition) is 3. The molecule has 5 nitrogen and oxygen atoms in total. The molecule has 0 unspecified atom stereocenters. The first-order chi connectivity index (χ1) is 6.79. The van der Waals surface area contributed by atoms with Crippen molar-refractivity contribution in [3.8, 4) is 0 Å². The topological polar surface area (TPSA) is 70.1 Å². The van der Waals surface area contributed by atoms with E-state index >= 15 is 0 Å². The molecular weight excluding hydrogens is 180 g/mol. The Labute approximate surface area is 83.6 Å². The van der Waals surface area contributed by atoms with E-state index in [-0.39, 0.29) is 6.61 Å². The van der Waals surface area contributed by atoms with Crippen LogP contribution in [0.15, 0.2) is 6.33 Å². The first-order valence-electron chi connectivity index (χ1n) is 4.69. The number of anilines is 2. The summed E-state index contributed by atoms with van der Waals surface area (Å²) in [6.07, 6.45) is 1.50. The van der Waals surface area contributed by atoms with Gasteiger partial charge in [-0.25, -0.2) is 9.97 Å². The third kappa shape index (κ3) is 2.56. The fourth-order valence-electron chi connectivity index (χ4n) is 1.15. The van der Waals surface area contributed by atoms with E-state index in [1.54, 1.807) is 0 Å². The van der Waals surface area contributed by atoms with Crippen LogP contribution in [0.3, 0.4) is 0 Å². The van der Waals surface area contributed by atoms with Gasteiger partial charge in [0, 0.05) is 18.7 Å². The summed E-state index contributed by atoms with van der Waals surface area (Å²) in [6.45, 7) is 5.39. The fourth-order valence-corrected chi connectivity index (χ4v) is 1.15. The number of rotatable bonds is 5. The molecule has 0 aliphatic heterocycles. The van der Waals surface area contributed by atoms with Gasteiger partial charge in [0.1, 0.15) is 18.0 Å². The molecule has 0 saturated carbocycles. The first-order valence-corrected chi connectivity index (χ1v) is 4.69. The zero-order chi connectivity index (χ0) is 10.4. The third-order valence-corrected chi connectivity index (χ3v) is 1.83. The lowest BCUT2D eigenvalue weighted by Crippen LogP contribution is -2.10. The highest BCUT2D eigenvalue weighted by molar-refractivity contribution is 5.56. The Bertz CT molecular complexity index is 290. The van der Waals surface area contributed by atoms with Crippen LogP contribution in [0, 0.1) is 6.92 Å². The Morgan fingerprint density at radius 2 is 1.93 bits per heavy atom. The van der Waals surface area contributed by atoms with E-state index in [0.717, 1.165) is 23.7 Å². The molecular formula is C9H16N4O. The zero-order valence-electron chi connectivity index (χ0n) is 8.54. The maximum absolute atomic E-state index is 8.67. The first kappa shape index (κ1) is 10.7. The van der Waals surface area contributed by atoms with Crippen LogP contribution in [0.4, 0.5) is 11.6 Å². The van der Waals surface area contributed by atoms with Gasteiger partial charge < -0.3 is 15.7 Å². The Kier molecular flexibility index (Phi) is 4.12. The molecule has 1 aromatic heterocycles. The monoisotopic (exact) mass is 196 g/mol. The summed E-state index contributed by atoms with van der Waals surface area (Å²) >= 11 is 0. The summed E-state index contributed by atoms with van der Waals surface area (Å²) in [4.78, 5) is 8.20. The van der Waals surface area contributed by atoms with E-state index < -0.39 is 0 Å². The second kappa shape index (κ2) is 5.39. The van der Waals surface area contributed by atoms with Gasteiger partial charge in [-0.1, -0.05) is 0 Å². The van der Waals surface area contributed by atoms with E-state index in [1.165, 1.54) is 6.33 Å². The minimum absolute atomic E-state index is 0.0972. The minimum atomic E-state index is 0.0972. The van der Waals surface area contributed by atoms with Gasteiger partial charge in [-0.2, -0.15) is 0 Å². The Morgan fingerprint density at radius 3 is 2.50 bits per heavy atom. The lowest BCUT2D eigenvalue weighted by Gasteiger charge is -2.10. The van der Waals surface area contributed by atoms with Crippen LogP contribution in [0.25, 0.3) is 0 Å². The summed E-state index contributed by atoms with van der Waals surface area (Å²) in [5, 5.41) is 14.8. The van der Waals surface area contributed by atoms with Gasteiger partial charge in [-0.05, 0) is 13.8 Å². The molecule has 0 saturated heterocycles. The van der Waals surface area contributed by atoms with Crippen molar-refractivity contribution in [3.05, 3.63) is 11.9 Å². The van der Waals surface area contributed by atoms with Crippen LogP contribution in [0.5, 0.6) is 0 Å². The Balaban J connectivity index is 2.78. The molecule has 14 heavy (non-hydrogen) atoms. The molecule has 0 aromatic carbocycles. The highest BCUT2D eigenvalue weighted by Gasteiger charge is 2.04. The van der Waals surface area contributed by atoms with Crippen LogP contribution >= 0.6 is 0 Å². The lowest BCUT2D eigenvalue weighted by atomic mass is 10.3. The minimum Gasteiger partial charge on any atom is -0.395 e. The number of nitrogens with zero attached hydrogens (tertiary/aromatic N) is 2. The van der Waals surface area contributed by atoms with Gasteiger partial charge in [0.05, 0.1) is 6.61 Å². The van der Waals surface area contributed by atoms with E-state index in [4.69, 9.17) is 5.11 Å². The third-order valence-electron chi connectivity index (χ3n) is 1.83. The Hall–Kier alpha value is -1.36. The number of nitrogens with one attached hydrogen (secondary N) is 2. The van der Waals surface area contributed by atoms with Crippen molar-refractivity contribution in [3.63, 3.8) is 0 Å². The number of hydrogen-bond acceptors (Lipinski definition) is 5. The van der Waals surface area contributed by atoms with Crippen LogP contribution in [0.1, 0.15) is 12.5 Å². The van der Waals surface area contributed by atoms with Crippen molar-refractivity contribution in [2.45, 2.75) is 13.8 Å². The largest absolute Gasteiger partial charge is 0.395 e. The molecule has 0 radical (unpaired) electrons. The maximum Gasteiger partial charge on any atom is 0.134 e. The average Bonchev–Trinajstić information content (AvgIpc) is 2.20. The quantitative estimate of drug-likeness (QED) is 0.644. The van der Waals surface area contributed by atoms with E-state index in [0.29, 0.717) is 6.54 Å². The van der Waals surface area contributed by atoms with Crippen LogP contribution in [0.2, 0.25) is 0 Å². The molecule has 78 valence electrons. The van der Waals surface area contributed by atoms with Crippen molar-refractivity contribution in [1.29, 1.82) is 0 Å². The lowest BCUT2D eigenvalue weighted by molar-refractivity contribution is 0.311. The van der Waals surface area contributed by atoms with Crippen molar-refractivity contribution in [1.82, 2.24) is 9.97 Å². The highest BCUT2D eigenvalue weighted by atomic mass is 16.3. The molecule has 0 aliphatic carbocycles. The molecule has 0 spiro atoms. The summed E-state index contributed by atoms with van der Waals surface area (Å²) in [5.74, 6) is 1.60. The number of aromatic nitrogens is 2. The number of aliphatic hydroxyl groups is 1. The molecule has 1 heterocycles. The van der Waals surface area contributed by atoms with E-state index in [2.05, 4.69) is 20.6 Å². The molecule has 3 N–H and O–H groups in total. The van der Waals surface area contributed by atoms with Gasteiger partial charge in [-0.15, -0.1) is 0 Å². The van der Waals surface area contributed by atoms with E-state index in [9.17, 15) is 0 Å². The van der Waals surface area contributed by atoms with Gasteiger partial charge in [0.15, 0.2) is 0 Å². The SMILES string of the molecule is CCNc1ncnc(NCCO)c1C. The molecule has 1 rings (SSSR count). The molecule has 0 atom stereocenters.